The lowest BCUT2D eigenvalue weighted by Gasteiger charge is -2.51. The van der Waals surface area contributed by atoms with Crippen LogP contribution in [0.5, 0.6) is 11.5 Å². The molecule has 4 aliphatic carbocycles. The fraction of sp³-hybridized carbons (Fsp3) is 0.676. The van der Waals surface area contributed by atoms with Gasteiger partial charge in [-0.15, -0.1) is 0 Å². The second kappa shape index (κ2) is 15.0. The van der Waals surface area contributed by atoms with E-state index in [1.54, 1.807) is 24.3 Å². The highest BCUT2D eigenvalue weighted by Crippen LogP contribution is 2.59. The molecule has 0 aliphatic heterocycles. The van der Waals surface area contributed by atoms with Crippen molar-refractivity contribution in [2.75, 3.05) is 13.7 Å². The molecule has 1 aromatic rings. The largest absolute Gasteiger partial charge is 0.504 e. The van der Waals surface area contributed by atoms with Gasteiger partial charge in [0.15, 0.2) is 23.2 Å². The highest BCUT2D eigenvalue weighted by atomic mass is 16.5. The summed E-state index contributed by atoms with van der Waals surface area (Å²) in [6.45, 7) is 5.09. The Morgan fingerprint density at radius 2 is 1.82 bits per heavy atom. The van der Waals surface area contributed by atoms with Crippen molar-refractivity contribution >= 4 is 11.7 Å². The summed E-state index contributed by atoms with van der Waals surface area (Å²) in [5.74, 6) is 2.70. The Kier molecular flexibility index (Phi) is 11.1. The highest BCUT2D eigenvalue weighted by molar-refractivity contribution is 5.89. The van der Waals surface area contributed by atoms with Gasteiger partial charge in [0.2, 0.25) is 0 Å². The van der Waals surface area contributed by atoms with Crippen LogP contribution in [0.1, 0.15) is 114 Å². The predicted octanol–water partition coefficient (Wildman–Crippen LogP) is 7.11. The minimum atomic E-state index is 0.0884. The first kappa shape index (κ1) is 32.6. The SMILES string of the molecule is CCCC=CC(=O)CCc1cc(OC2CCCC2)c(O)c(C2C3CC(C)CCC3=C3CCC(N=C(N)N)CC3C2COC)c1. The van der Waals surface area contributed by atoms with E-state index >= 15 is 0 Å². The monoisotopic (exact) mass is 605 g/mol. The smallest absolute Gasteiger partial charge is 0.186 e. The maximum Gasteiger partial charge on any atom is 0.186 e. The Morgan fingerprint density at radius 1 is 1.07 bits per heavy atom. The zero-order valence-electron chi connectivity index (χ0n) is 27.2. The predicted molar refractivity (Wildman–Crippen MR) is 177 cm³/mol. The number of guanidine groups is 1. The number of rotatable bonds is 12. The number of aliphatic imine (C=N–C) groups is 1. The molecule has 7 heteroatoms. The number of hydrogen-bond donors (Lipinski definition) is 3. The molecule has 5 N–H and O–H groups in total. The van der Waals surface area contributed by atoms with Gasteiger partial charge in [0.1, 0.15) is 0 Å². The summed E-state index contributed by atoms with van der Waals surface area (Å²) < 4.78 is 12.5. The van der Waals surface area contributed by atoms with Crippen molar-refractivity contribution in [3.05, 3.63) is 46.6 Å². The van der Waals surface area contributed by atoms with Gasteiger partial charge in [-0.2, -0.15) is 0 Å². The number of aromatic hydroxyl groups is 1. The summed E-state index contributed by atoms with van der Waals surface area (Å²) in [6, 6.07) is 4.28. The average molecular weight is 606 g/mol. The van der Waals surface area contributed by atoms with Crippen molar-refractivity contribution in [1.29, 1.82) is 0 Å². The van der Waals surface area contributed by atoms with E-state index in [-0.39, 0.29) is 41.5 Å². The lowest BCUT2D eigenvalue weighted by Crippen LogP contribution is -2.43. The topological polar surface area (TPSA) is 120 Å². The number of aryl methyl sites for hydroxylation is 1. The summed E-state index contributed by atoms with van der Waals surface area (Å²) in [5.41, 5.74) is 16.9. The van der Waals surface area contributed by atoms with Crippen molar-refractivity contribution in [3.63, 3.8) is 0 Å². The van der Waals surface area contributed by atoms with Gasteiger partial charge in [0.05, 0.1) is 18.8 Å². The van der Waals surface area contributed by atoms with Gasteiger partial charge in [-0.1, -0.05) is 43.6 Å². The summed E-state index contributed by atoms with van der Waals surface area (Å²) in [7, 11) is 1.79. The maximum absolute atomic E-state index is 12.7. The number of allylic oxidation sites excluding steroid dienone is 4. The quantitative estimate of drug-likeness (QED) is 0.101. The van der Waals surface area contributed by atoms with Crippen LogP contribution >= 0.6 is 0 Å². The molecule has 0 bridgehead atoms. The van der Waals surface area contributed by atoms with Crippen LogP contribution < -0.4 is 16.2 Å². The molecule has 44 heavy (non-hydrogen) atoms. The number of unbranched alkanes of at least 4 members (excludes halogenated alkanes) is 1. The number of ketones is 1. The Balaban J connectivity index is 1.57. The molecule has 0 aromatic heterocycles. The molecule has 1 aromatic carbocycles. The summed E-state index contributed by atoms with van der Waals surface area (Å²) in [6.07, 6.45) is 17.5. The molecule has 0 amide bonds. The van der Waals surface area contributed by atoms with Crippen LogP contribution in [0.4, 0.5) is 0 Å². The molecule has 6 unspecified atom stereocenters. The Labute approximate surface area is 264 Å². The second-order valence-electron chi connectivity index (χ2n) is 14.0. The lowest BCUT2D eigenvalue weighted by molar-refractivity contribution is -0.114. The third-order valence-corrected chi connectivity index (χ3v) is 10.8. The molecule has 0 spiro atoms. The molecule has 4 aliphatic rings. The molecule has 0 heterocycles. The molecule has 0 saturated heterocycles. The first-order valence-corrected chi connectivity index (χ1v) is 17.3. The van der Waals surface area contributed by atoms with Gasteiger partial charge in [-0.25, -0.2) is 0 Å². The number of phenolic OH excluding ortho intramolecular Hbond substituents is 1. The molecule has 3 fully saturated rings. The van der Waals surface area contributed by atoms with Crippen molar-refractivity contribution in [1.82, 2.24) is 0 Å². The molecule has 5 rings (SSSR count). The number of methoxy groups -OCH3 is 1. The van der Waals surface area contributed by atoms with Crippen LogP contribution in [0.3, 0.4) is 0 Å². The summed E-state index contributed by atoms with van der Waals surface area (Å²) in [5, 5.41) is 12.0. The van der Waals surface area contributed by atoms with Gasteiger partial charge in [0, 0.05) is 19.1 Å². The second-order valence-corrected chi connectivity index (χ2v) is 14.0. The Bertz CT molecular complexity index is 1240. The first-order chi connectivity index (χ1) is 21.3. The number of nitrogens with zero attached hydrogens (tertiary/aromatic N) is 1. The van der Waals surface area contributed by atoms with E-state index in [9.17, 15) is 9.90 Å². The highest BCUT2D eigenvalue weighted by Gasteiger charge is 2.48. The minimum absolute atomic E-state index is 0.0884. The molecule has 7 nitrogen and oxygen atoms in total. The Morgan fingerprint density at radius 3 is 2.55 bits per heavy atom. The number of phenols is 1. The van der Waals surface area contributed by atoms with Gasteiger partial charge in [0.25, 0.3) is 0 Å². The number of hydrogen-bond acceptors (Lipinski definition) is 5. The average Bonchev–Trinajstić information content (AvgIpc) is 3.51. The van der Waals surface area contributed by atoms with Gasteiger partial charge >= 0.3 is 0 Å². The fourth-order valence-corrected chi connectivity index (χ4v) is 8.77. The van der Waals surface area contributed by atoms with Crippen LogP contribution in [0.25, 0.3) is 0 Å². The molecule has 3 saturated carbocycles. The normalized spacial score (nSPS) is 29.0. The van der Waals surface area contributed by atoms with E-state index in [4.69, 9.17) is 20.9 Å². The number of carbonyl (C=O) groups is 1. The van der Waals surface area contributed by atoms with Crippen molar-refractivity contribution < 1.29 is 19.4 Å². The molecule has 0 radical (unpaired) electrons. The third-order valence-electron chi connectivity index (χ3n) is 10.8. The van der Waals surface area contributed by atoms with E-state index in [1.807, 2.05) is 12.1 Å². The number of carbonyl (C=O) groups excluding carboxylic acids is 1. The maximum atomic E-state index is 12.7. The zero-order valence-corrected chi connectivity index (χ0v) is 27.2. The molecule has 6 atom stereocenters. The third kappa shape index (κ3) is 7.52. The minimum Gasteiger partial charge on any atom is -0.504 e. The first-order valence-electron chi connectivity index (χ1n) is 17.3. The number of benzene rings is 1. The van der Waals surface area contributed by atoms with Crippen molar-refractivity contribution in [3.8, 4) is 11.5 Å². The lowest BCUT2D eigenvalue weighted by atomic mass is 9.54. The van der Waals surface area contributed by atoms with Crippen LogP contribution in [0.2, 0.25) is 0 Å². The van der Waals surface area contributed by atoms with Crippen molar-refractivity contribution in [2.24, 2.45) is 40.1 Å². The number of ether oxygens (including phenoxy) is 2. The Hall–Kier alpha value is -2.80. The van der Waals surface area contributed by atoms with Gasteiger partial charge in [-0.3, -0.25) is 9.79 Å². The van der Waals surface area contributed by atoms with Gasteiger partial charge in [-0.05, 0) is 124 Å². The zero-order chi connectivity index (χ0) is 31.2. The van der Waals surface area contributed by atoms with E-state index in [0.29, 0.717) is 43.0 Å². The van der Waals surface area contributed by atoms with Crippen LogP contribution in [0, 0.1) is 23.7 Å². The van der Waals surface area contributed by atoms with E-state index in [0.717, 1.165) is 81.8 Å². The van der Waals surface area contributed by atoms with Crippen LogP contribution in [-0.4, -0.2) is 42.7 Å². The molecular formula is C37H55N3O4. The summed E-state index contributed by atoms with van der Waals surface area (Å²) in [4.78, 5) is 17.3. The van der Waals surface area contributed by atoms with E-state index < -0.39 is 0 Å². The van der Waals surface area contributed by atoms with Crippen LogP contribution in [0.15, 0.2) is 40.4 Å². The molecular weight excluding hydrogens is 550 g/mol. The van der Waals surface area contributed by atoms with E-state index in [1.165, 1.54) is 6.42 Å². The number of nitrogens with two attached hydrogens (primary N) is 2. The molecule has 242 valence electrons. The summed E-state index contributed by atoms with van der Waals surface area (Å²) >= 11 is 0. The van der Waals surface area contributed by atoms with E-state index in [2.05, 4.69) is 24.9 Å². The fourth-order valence-electron chi connectivity index (χ4n) is 8.77. The van der Waals surface area contributed by atoms with Crippen molar-refractivity contribution in [2.45, 2.75) is 122 Å². The van der Waals surface area contributed by atoms with Gasteiger partial charge < -0.3 is 26.0 Å². The number of fused-ring (bicyclic) bond motifs is 2. The van der Waals surface area contributed by atoms with Crippen LogP contribution in [-0.2, 0) is 16.0 Å². The standard InChI is InChI=1S/C37H55N3O4/c1-4-5-6-9-26(41)15-13-24-19-32(36(42)34(20-24)44-27-10-7-8-11-27)35-31-18-23(2)12-16-29(31)28-17-14-25(40-37(38)39)21-30(28)33(35)22-43-3/h6,9,19-20,23,25,27,30-31,33,35,42H,4-5,7-8,10-18,21-22H2,1-3H3,(H4,38,39,40).